The molecule has 0 saturated carbocycles. The maximum atomic E-state index is 12.6. The number of unbranched alkanes of at least 4 members (excludes halogenated alkanes) is 20. The molecule has 0 aromatic rings. The maximum absolute atomic E-state index is 12.6. The van der Waals surface area contributed by atoms with E-state index in [4.69, 9.17) is 24.3 Å². The zero-order valence-corrected chi connectivity index (χ0v) is 35.1. The monoisotopic (exact) mass is 768 g/mol. The van der Waals surface area contributed by atoms with Crippen LogP contribution in [-0.2, 0) is 27.9 Å². The Hall–Kier alpha value is -1.54. The highest BCUT2D eigenvalue weighted by Crippen LogP contribution is 2.43. The van der Waals surface area contributed by atoms with Crippen molar-refractivity contribution < 1.29 is 32.8 Å². The molecular weight excluding hydrogens is 685 g/mol. The molecule has 0 amide bonds. The highest BCUT2D eigenvalue weighted by Gasteiger charge is 2.25. The molecule has 0 fully saturated rings. The highest BCUT2D eigenvalue weighted by molar-refractivity contribution is 7.47. The Morgan fingerprint density at radius 1 is 0.585 bits per heavy atom. The Kier molecular flexibility index (Phi) is 40.4. The fourth-order valence-corrected chi connectivity index (χ4v) is 6.64. The number of hydrogen-bond donors (Lipinski definition) is 2. The maximum Gasteiger partial charge on any atom is 0.472 e. The Morgan fingerprint density at radius 2 is 1.06 bits per heavy atom. The third-order valence-electron chi connectivity index (χ3n) is 9.01. The molecular formula is C44H82NO7P. The Morgan fingerprint density at radius 3 is 1.58 bits per heavy atom. The molecule has 2 unspecified atom stereocenters. The van der Waals surface area contributed by atoms with Gasteiger partial charge in [0.15, 0.2) is 0 Å². The van der Waals surface area contributed by atoms with E-state index in [1.165, 1.54) is 103 Å². The zero-order valence-electron chi connectivity index (χ0n) is 34.2. The quantitative estimate of drug-likeness (QED) is 0.0273. The standard InChI is InChI=1S/C44H82NO7P/c1-3-5-7-9-11-13-15-17-18-19-20-21-22-23-24-25-27-29-31-33-35-37-44(46)52-43(42-51-53(47,48)50-40-38-45)41-49-39-36-34-32-30-28-26-16-14-12-10-8-6-4-2/h5,7,11,13,17-18,20-21,43H,3-4,6,8-10,12,14-16,19,22-42,45H2,1-2H3,(H,47,48)/b7-5-,13-11-,18-17-,21-20-. The second kappa shape index (κ2) is 41.6. The molecule has 0 aromatic carbocycles. The lowest BCUT2D eigenvalue weighted by Crippen LogP contribution is -2.28. The van der Waals surface area contributed by atoms with Crippen molar-refractivity contribution in [2.75, 3.05) is 33.0 Å². The van der Waals surface area contributed by atoms with Gasteiger partial charge in [-0.3, -0.25) is 13.8 Å². The van der Waals surface area contributed by atoms with E-state index in [1.807, 2.05) is 0 Å². The van der Waals surface area contributed by atoms with E-state index in [1.54, 1.807) is 0 Å². The average Bonchev–Trinajstić information content (AvgIpc) is 3.15. The first-order chi connectivity index (χ1) is 25.9. The Labute approximate surface area is 326 Å². The summed E-state index contributed by atoms with van der Waals surface area (Å²) in [5.74, 6) is -0.338. The van der Waals surface area contributed by atoms with Crippen LogP contribution in [0.25, 0.3) is 0 Å². The van der Waals surface area contributed by atoms with Crippen molar-refractivity contribution in [3.05, 3.63) is 48.6 Å². The first-order valence-electron chi connectivity index (χ1n) is 21.6. The minimum absolute atomic E-state index is 0.0974. The second-order valence-corrected chi connectivity index (χ2v) is 15.6. The van der Waals surface area contributed by atoms with Gasteiger partial charge in [0.1, 0.15) is 6.10 Å². The summed E-state index contributed by atoms with van der Waals surface area (Å²) in [6.07, 6.45) is 48.4. The van der Waals surface area contributed by atoms with Crippen molar-refractivity contribution in [3.8, 4) is 0 Å². The van der Waals surface area contributed by atoms with E-state index < -0.39 is 13.9 Å². The molecule has 0 rings (SSSR count). The van der Waals surface area contributed by atoms with Gasteiger partial charge in [0.25, 0.3) is 0 Å². The summed E-state index contributed by atoms with van der Waals surface area (Å²) in [6.45, 7) is 4.81. The van der Waals surface area contributed by atoms with Crippen LogP contribution in [0.4, 0.5) is 0 Å². The number of phosphoric acid groups is 1. The molecule has 310 valence electrons. The normalized spacial score (nSPS) is 14.0. The van der Waals surface area contributed by atoms with Crippen molar-refractivity contribution in [2.24, 2.45) is 5.73 Å². The van der Waals surface area contributed by atoms with Crippen LogP contribution < -0.4 is 5.73 Å². The van der Waals surface area contributed by atoms with E-state index in [9.17, 15) is 14.3 Å². The number of hydrogen-bond acceptors (Lipinski definition) is 7. The van der Waals surface area contributed by atoms with Crippen molar-refractivity contribution in [2.45, 2.75) is 193 Å². The largest absolute Gasteiger partial charge is 0.472 e. The lowest BCUT2D eigenvalue weighted by atomic mass is 10.0. The van der Waals surface area contributed by atoms with Crippen LogP contribution in [0.2, 0.25) is 0 Å². The smallest absolute Gasteiger partial charge is 0.457 e. The number of rotatable bonds is 41. The summed E-state index contributed by atoms with van der Waals surface area (Å²) >= 11 is 0. The van der Waals surface area contributed by atoms with Gasteiger partial charge >= 0.3 is 13.8 Å². The first-order valence-corrected chi connectivity index (χ1v) is 23.1. The minimum atomic E-state index is -4.28. The Balaban J connectivity index is 4.02. The van der Waals surface area contributed by atoms with Crippen molar-refractivity contribution in [3.63, 3.8) is 0 Å². The Bertz CT molecular complexity index is 952. The van der Waals surface area contributed by atoms with E-state index in [0.717, 1.165) is 64.2 Å². The fourth-order valence-electron chi connectivity index (χ4n) is 5.87. The molecule has 0 aromatic heterocycles. The second-order valence-electron chi connectivity index (χ2n) is 14.2. The van der Waals surface area contributed by atoms with Crippen LogP contribution in [-0.4, -0.2) is 49.9 Å². The molecule has 0 saturated heterocycles. The van der Waals surface area contributed by atoms with Crippen LogP contribution in [0.15, 0.2) is 48.6 Å². The van der Waals surface area contributed by atoms with Crippen LogP contribution in [0, 0.1) is 0 Å². The number of allylic oxidation sites excluding steroid dienone is 8. The van der Waals surface area contributed by atoms with E-state index in [0.29, 0.717) is 13.0 Å². The summed E-state index contributed by atoms with van der Waals surface area (Å²) < 4.78 is 33.4. The SMILES string of the molecule is CC/C=C\C/C=C\C/C=C\C/C=C\CCCCCCCCCCC(=O)OC(COCCCCCCCCCCCCCCC)COP(=O)(O)OCCN. The highest BCUT2D eigenvalue weighted by atomic mass is 31.2. The predicted molar refractivity (Wildman–Crippen MR) is 224 cm³/mol. The third kappa shape index (κ3) is 41.5. The predicted octanol–water partition coefficient (Wildman–Crippen LogP) is 12.8. The van der Waals surface area contributed by atoms with Gasteiger partial charge in [-0.15, -0.1) is 0 Å². The number of carbonyl (C=O) groups excluding carboxylic acids is 1. The van der Waals surface area contributed by atoms with Gasteiger partial charge in [0, 0.05) is 19.6 Å². The van der Waals surface area contributed by atoms with Gasteiger partial charge in [-0.2, -0.15) is 0 Å². The van der Waals surface area contributed by atoms with Crippen molar-refractivity contribution in [1.29, 1.82) is 0 Å². The molecule has 8 nitrogen and oxygen atoms in total. The van der Waals surface area contributed by atoms with Crippen LogP contribution in [0.3, 0.4) is 0 Å². The van der Waals surface area contributed by atoms with Crippen LogP contribution in [0.1, 0.15) is 187 Å². The van der Waals surface area contributed by atoms with Gasteiger partial charge in [-0.05, 0) is 51.4 Å². The number of nitrogens with two attached hydrogens (primary N) is 1. The topological polar surface area (TPSA) is 117 Å². The van der Waals surface area contributed by atoms with Crippen LogP contribution in [0.5, 0.6) is 0 Å². The fraction of sp³-hybridized carbons (Fsp3) is 0.795. The summed E-state index contributed by atoms with van der Waals surface area (Å²) in [7, 11) is -4.28. The molecule has 53 heavy (non-hydrogen) atoms. The minimum Gasteiger partial charge on any atom is -0.457 e. The molecule has 3 N–H and O–H groups in total. The molecule has 0 bridgehead atoms. The van der Waals surface area contributed by atoms with Gasteiger partial charge < -0.3 is 20.1 Å². The number of ether oxygens (including phenoxy) is 2. The first kappa shape index (κ1) is 51.5. The number of phosphoric ester groups is 1. The molecule has 0 heterocycles. The lowest BCUT2D eigenvalue weighted by Gasteiger charge is -2.20. The van der Waals surface area contributed by atoms with Crippen molar-refractivity contribution >= 4 is 13.8 Å². The van der Waals surface area contributed by atoms with E-state index in [2.05, 4.69) is 62.5 Å². The molecule has 0 aliphatic rings. The average molecular weight is 768 g/mol. The van der Waals surface area contributed by atoms with Gasteiger partial charge in [0.05, 0.1) is 19.8 Å². The van der Waals surface area contributed by atoms with Crippen LogP contribution >= 0.6 is 7.82 Å². The van der Waals surface area contributed by atoms with E-state index in [-0.39, 0.29) is 32.3 Å². The molecule has 0 spiro atoms. The summed E-state index contributed by atoms with van der Waals surface area (Å²) in [4.78, 5) is 22.5. The van der Waals surface area contributed by atoms with Gasteiger partial charge in [0.2, 0.25) is 0 Å². The molecule has 9 heteroatoms. The van der Waals surface area contributed by atoms with E-state index >= 15 is 0 Å². The van der Waals surface area contributed by atoms with Gasteiger partial charge in [-0.1, -0.05) is 178 Å². The molecule has 0 radical (unpaired) electrons. The third-order valence-corrected chi connectivity index (χ3v) is 9.99. The molecule has 0 aliphatic heterocycles. The lowest BCUT2D eigenvalue weighted by molar-refractivity contribution is -0.154. The van der Waals surface area contributed by atoms with Gasteiger partial charge in [-0.25, -0.2) is 4.57 Å². The number of esters is 1. The number of carbonyl (C=O) groups is 1. The molecule has 2 atom stereocenters. The molecule has 0 aliphatic carbocycles. The van der Waals surface area contributed by atoms with Crippen molar-refractivity contribution in [1.82, 2.24) is 0 Å². The summed E-state index contributed by atoms with van der Waals surface area (Å²) in [6, 6.07) is 0. The summed E-state index contributed by atoms with van der Waals surface area (Å²) in [5.41, 5.74) is 5.37. The zero-order chi connectivity index (χ0) is 38.8. The summed E-state index contributed by atoms with van der Waals surface area (Å²) in [5, 5.41) is 0.